The Kier molecular flexibility index (Phi) is 3.02. The second kappa shape index (κ2) is 4.98. The van der Waals surface area contributed by atoms with E-state index < -0.39 is 0 Å². The zero-order valence-corrected chi connectivity index (χ0v) is 10.7. The van der Waals surface area contributed by atoms with Crippen LogP contribution in [0.4, 0.5) is 0 Å². The molecule has 0 radical (unpaired) electrons. The SMILES string of the molecule is Cn1ccnc1-c1cccc(Oc2ccccc2)c1. The molecule has 0 aliphatic rings. The van der Waals surface area contributed by atoms with Crippen LogP contribution in [-0.4, -0.2) is 9.55 Å². The van der Waals surface area contributed by atoms with Crippen molar-refractivity contribution in [3.05, 3.63) is 67.0 Å². The van der Waals surface area contributed by atoms with Crippen molar-refractivity contribution in [2.24, 2.45) is 7.05 Å². The van der Waals surface area contributed by atoms with Crippen molar-refractivity contribution >= 4 is 0 Å². The molecule has 0 aliphatic carbocycles. The van der Waals surface area contributed by atoms with E-state index in [-0.39, 0.29) is 0 Å². The Morgan fingerprint density at radius 2 is 1.74 bits per heavy atom. The summed E-state index contributed by atoms with van der Waals surface area (Å²) in [5.41, 5.74) is 1.04. The van der Waals surface area contributed by atoms with Gasteiger partial charge in [0, 0.05) is 25.0 Å². The van der Waals surface area contributed by atoms with Crippen molar-refractivity contribution in [3.8, 4) is 22.9 Å². The molecule has 3 aromatic rings. The van der Waals surface area contributed by atoms with Gasteiger partial charge in [0.15, 0.2) is 0 Å². The average Bonchev–Trinajstić information content (AvgIpc) is 2.86. The van der Waals surface area contributed by atoms with Gasteiger partial charge < -0.3 is 9.30 Å². The summed E-state index contributed by atoms with van der Waals surface area (Å²) < 4.78 is 7.81. The summed E-state index contributed by atoms with van der Waals surface area (Å²) in [6.07, 6.45) is 3.72. The molecule has 94 valence electrons. The van der Waals surface area contributed by atoms with E-state index >= 15 is 0 Å². The molecule has 1 aromatic heterocycles. The highest BCUT2D eigenvalue weighted by Gasteiger charge is 2.05. The van der Waals surface area contributed by atoms with Gasteiger partial charge in [0.2, 0.25) is 0 Å². The summed E-state index contributed by atoms with van der Waals surface area (Å²) in [5, 5.41) is 0. The predicted octanol–water partition coefficient (Wildman–Crippen LogP) is 3.88. The van der Waals surface area contributed by atoms with Gasteiger partial charge in [-0.05, 0) is 24.3 Å². The van der Waals surface area contributed by atoms with Crippen LogP contribution in [0.25, 0.3) is 11.4 Å². The molecule has 3 rings (SSSR count). The third-order valence-corrected chi connectivity index (χ3v) is 2.89. The number of aryl methyl sites for hydroxylation is 1. The van der Waals surface area contributed by atoms with Crippen LogP contribution in [0, 0.1) is 0 Å². The first-order valence-electron chi connectivity index (χ1n) is 6.13. The normalized spacial score (nSPS) is 10.4. The van der Waals surface area contributed by atoms with Crippen molar-refractivity contribution in [1.82, 2.24) is 9.55 Å². The lowest BCUT2D eigenvalue weighted by molar-refractivity contribution is 0.483. The van der Waals surface area contributed by atoms with Crippen molar-refractivity contribution in [2.45, 2.75) is 0 Å². The van der Waals surface area contributed by atoms with Crippen LogP contribution >= 0.6 is 0 Å². The first-order chi connectivity index (χ1) is 9.33. The van der Waals surface area contributed by atoms with Gasteiger partial charge in [0.05, 0.1) is 0 Å². The van der Waals surface area contributed by atoms with E-state index in [0.29, 0.717) is 0 Å². The Labute approximate surface area is 112 Å². The van der Waals surface area contributed by atoms with Crippen LogP contribution in [-0.2, 0) is 7.05 Å². The minimum absolute atomic E-state index is 0.812. The van der Waals surface area contributed by atoms with Crippen LogP contribution in [0.3, 0.4) is 0 Å². The van der Waals surface area contributed by atoms with Gasteiger partial charge in [0.25, 0.3) is 0 Å². The van der Waals surface area contributed by atoms with Gasteiger partial charge in [-0.1, -0.05) is 30.3 Å². The fourth-order valence-electron chi connectivity index (χ4n) is 1.97. The third-order valence-electron chi connectivity index (χ3n) is 2.89. The molecule has 0 amide bonds. The number of aromatic nitrogens is 2. The van der Waals surface area contributed by atoms with Gasteiger partial charge in [0.1, 0.15) is 17.3 Å². The molecular weight excluding hydrogens is 236 g/mol. The fourth-order valence-corrected chi connectivity index (χ4v) is 1.97. The van der Waals surface area contributed by atoms with E-state index in [2.05, 4.69) is 4.98 Å². The highest BCUT2D eigenvalue weighted by molar-refractivity contribution is 5.58. The fraction of sp³-hybridized carbons (Fsp3) is 0.0625. The van der Waals surface area contributed by atoms with E-state index in [0.717, 1.165) is 22.9 Å². The average molecular weight is 250 g/mol. The molecular formula is C16H14N2O. The van der Waals surface area contributed by atoms with E-state index in [9.17, 15) is 0 Å². The van der Waals surface area contributed by atoms with Gasteiger partial charge >= 0.3 is 0 Å². The molecule has 0 saturated carbocycles. The molecule has 0 aliphatic heterocycles. The van der Waals surface area contributed by atoms with Crippen LogP contribution in [0.2, 0.25) is 0 Å². The van der Waals surface area contributed by atoms with Crippen molar-refractivity contribution in [1.29, 1.82) is 0 Å². The number of hydrogen-bond donors (Lipinski definition) is 0. The molecule has 0 fully saturated rings. The maximum absolute atomic E-state index is 5.82. The summed E-state index contributed by atoms with van der Waals surface area (Å²) in [4.78, 5) is 4.34. The molecule has 3 nitrogen and oxygen atoms in total. The summed E-state index contributed by atoms with van der Waals surface area (Å²) in [6.45, 7) is 0. The number of nitrogens with zero attached hydrogens (tertiary/aromatic N) is 2. The predicted molar refractivity (Wildman–Crippen MR) is 75.2 cm³/mol. The molecule has 0 spiro atoms. The summed E-state index contributed by atoms with van der Waals surface area (Å²) in [6, 6.07) is 17.7. The Morgan fingerprint density at radius 3 is 2.47 bits per heavy atom. The number of imidazole rings is 1. The first-order valence-corrected chi connectivity index (χ1v) is 6.13. The smallest absolute Gasteiger partial charge is 0.139 e. The van der Waals surface area contributed by atoms with E-state index in [1.54, 1.807) is 6.20 Å². The van der Waals surface area contributed by atoms with Crippen LogP contribution in [0.5, 0.6) is 11.5 Å². The second-order valence-electron chi connectivity index (χ2n) is 4.30. The van der Waals surface area contributed by atoms with Crippen LogP contribution in [0.15, 0.2) is 67.0 Å². The highest BCUT2D eigenvalue weighted by Crippen LogP contribution is 2.26. The lowest BCUT2D eigenvalue weighted by atomic mass is 10.2. The molecule has 19 heavy (non-hydrogen) atoms. The molecule has 3 heteroatoms. The molecule has 1 heterocycles. The molecule has 2 aromatic carbocycles. The number of benzene rings is 2. The van der Waals surface area contributed by atoms with E-state index in [1.165, 1.54) is 0 Å². The van der Waals surface area contributed by atoms with Gasteiger partial charge in [-0.15, -0.1) is 0 Å². The van der Waals surface area contributed by atoms with Crippen LogP contribution < -0.4 is 4.74 Å². The number of ether oxygens (including phenoxy) is 1. The lowest BCUT2D eigenvalue weighted by Gasteiger charge is -2.07. The number of rotatable bonds is 3. The quantitative estimate of drug-likeness (QED) is 0.705. The minimum atomic E-state index is 0.812. The molecule has 0 bridgehead atoms. The molecule has 0 unspecified atom stereocenters. The molecule has 0 atom stereocenters. The standard InChI is InChI=1S/C16H14N2O/c1-18-11-10-17-16(18)13-6-5-9-15(12-13)19-14-7-3-2-4-8-14/h2-12H,1H3. The largest absolute Gasteiger partial charge is 0.457 e. The van der Waals surface area contributed by atoms with Gasteiger partial charge in [-0.2, -0.15) is 0 Å². The van der Waals surface area contributed by atoms with E-state index in [4.69, 9.17) is 4.74 Å². The zero-order valence-electron chi connectivity index (χ0n) is 10.7. The summed E-state index contributed by atoms with van der Waals surface area (Å²) in [7, 11) is 1.98. The highest BCUT2D eigenvalue weighted by atomic mass is 16.5. The number of hydrogen-bond acceptors (Lipinski definition) is 2. The Hall–Kier alpha value is -2.55. The minimum Gasteiger partial charge on any atom is -0.457 e. The Balaban J connectivity index is 1.91. The van der Waals surface area contributed by atoms with Crippen molar-refractivity contribution in [3.63, 3.8) is 0 Å². The Bertz CT molecular complexity index is 674. The third kappa shape index (κ3) is 2.50. The maximum atomic E-state index is 5.82. The summed E-state index contributed by atoms with van der Waals surface area (Å²) in [5.74, 6) is 2.57. The zero-order chi connectivity index (χ0) is 13.1. The van der Waals surface area contributed by atoms with Gasteiger partial charge in [-0.25, -0.2) is 4.98 Å². The van der Waals surface area contributed by atoms with Gasteiger partial charge in [-0.3, -0.25) is 0 Å². The van der Waals surface area contributed by atoms with E-state index in [1.807, 2.05) is 72.4 Å². The molecule has 0 saturated heterocycles. The lowest BCUT2D eigenvalue weighted by Crippen LogP contribution is -1.91. The Morgan fingerprint density at radius 1 is 0.947 bits per heavy atom. The monoisotopic (exact) mass is 250 g/mol. The summed E-state index contributed by atoms with van der Waals surface area (Å²) >= 11 is 0. The number of para-hydroxylation sites is 1. The maximum Gasteiger partial charge on any atom is 0.139 e. The first kappa shape index (κ1) is 11.5. The second-order valence-corrected chi connectivity index (χ2v) is 4.30. The van der Waals surface area contributed by atoms with Crippen molar-refractivity contribution in [2.75, 3.05) is 0 Å². The van der Waals surface area contributed by atoms with Crippen LogP contribution in [0.1, 0.15) is 0 Å². The molecule has 0 N–H and O–H groups in total. The topological polar surface area (TPSA) is 27.1 Å². The van der Waals surface area contributed by atoms with Crippen molar-refractivity contribution < 1.29 is 4.74 Å².